The molecule has 1 heterocycles. The van der Waals surface area contributed by atoms with Crippen LogP contribution in [0.3, 0.4) is 0 Å². The Labute approximate surface area is 185 Å². The SMILES string of the molecule is Cc1ccc(CN2CCc3cc(Oc4c(Cl)cc(NN)cc4Cl)ccc3C2=O)cc1. The summed E-state index contributed by atoms with van der Waals surface area (Å²) in [5.41, 5.74) is 7.06. The molecule has 154 valence electrons. The molecule has 3 aromatic carbocycles. The van der Waals surface area contributed by atoms with Crippen LogP contribution in [0.25, 0.3) is 0 Å². The first kappa shape index (κ1) is 20.5. The van der Waals surface area contributed by atoms with Crippen molar-refractivity contribution in [2.75, 3.05) is 12.0 Å². The Morgan fingerprint density at radius 2 is 1.77 bits per heavy atom. The number of ether oxygens (including phenoxy) is 1. The zero-order valence-corrected chi connectivity index (χ0v) is 17.9. The van der Waals surface area contributed by atoms with Gasteiger partial charge in [-0.2, -0.15) is 0 Å². The topological polar surface area (TPSA) is 67.6 Å². The normalized spacial score (nSPS) is 13.2. The molecular weight excluding hydrogens is 421 g/mol. The maximum atomic E-state index is 13.0. The van der Waals surface area contributed by atoms with Crippen LogP contribution in [0.5, 0.6) is 11.5 Å². The largest absolute Gasteiger partial charge is 0.454 e. The van der Waals surface area contributed by atoms with E-state index in [1.807, 2.05) is 11.0 Å². The predicted molar refractivity (Wildman–Crippen MR) is 120 cm³/mol. The lowest BCUT2D eigenvalue weighted by molar-refractivity contribution is 0.0727. The first-order chi connectivity index (χ1) is 14.4. The number of amides is 1. The molecule has 0 aliphatic carbocycles. The average molecular weight is 442 g/mol. The monoisotopic (exact) mass is 441 g/mol. The molecule has 3 N–H and O–H groups in total. The quantitative estimate of drug-likeness (QED) is 0.400. The van der Waals surface area contributed by atoms with Crippen LogP contribution in [0.1, 0.15) is 27.0 Å². The van der Waals surface area contributed by atoms with Gasteiger partial charge in [0.25, 0.3) is 5.91 Å². The van der Waals surface area contributed by atoms with Gasteiger partial charge in [-0.3, -0.25) is 10.6 Å². The van der Waals surface area contributed by atoms with Gasteiger partial charge in [-0.25, -0.2) is 0 Å². The molecule has 0 radical (unpaired) electrons. The van der Waals surface area contributed by atoms with Crippen LogP contribution in [0, 0.1) is 6.92 Å². The van der Waals surface area contributed by atoms with Crippen molar-refractivity contribution < 1.29 is 9.53 Å². The van der Waals surface area contributed by atoms with Gasteiger partial charge >= 0.3 is 0 Å². The van der Waals surface area contributed by atoms with Gasteiger partial charge in [0.1, 0.15) is 5.75 Å². The summed E-state index contributed by atoms with van der Waals surface area (Å²) in [6.45, 7) is 3.31. The highest BCUT2D eigenvalue weighted by atomic mass is 35.5. The van der Waals surface area contributed by atoms with Gasteiger partial charge in [0.2, 0.25) is 0 Å². The fourth-order valence-electron chi connectivity index (χ4n) is 3.50. The molecule has 0 fully saturated rings. The second-order valence-electron chi connectivity index (χ2n) is 7.30. The summed E-state index contributed by atoms with van der Waals surface area (Å²) in [6, 6.07) is 16.9. The van der Waals surface area contributed by atoms with E-state index in [-0.39, 0.29) is 5.91 Å². The Balaban J connectivity index is 1.53. The van der Waals surface area contributed by atoms with E-state index in [2.05, 4.69) is 36.6 Å². The standard InChI is InChI=1S/C23H21Cl2N3O2/c1-14-2-4-15(5-3-14)13-28-9-8-16-10-18(6-7-19(16)23(28)29)30-22-20(24)11-17(27-26)12-21(22)25/h2-7,10-12,27H,8-9,13,26H2,1H3. The van der Waals surface area contributed by atoms with Gasteiger partial charge in [0, 0.05) is 18.7 Å². The van der Waals surface area contributed by atoms with E-state index in [1.54, 1.807) is 24.3 Å². The molecule has 1 aliphatic heterocycles. The van der Waals surface area contributed by atoms with Crippen molar-refractivity contribution in [2.24, 2.45) is 5.84 Å². The minimum Gasteiger partial charge on any atom is -0.454 e. The van der Waals surface area contributed by atoms with Gasteiger partial charge < -0.3 is 15.1 Å². The Kier molecular flexibility index (Phi) is 5.86. The third-order valence-corrected chi connectivity index (χ3v) is 5.69. The molecule has 0 bridgehead atoms. The fraction of sp³-hybridized carbons (Fsp3) is 0.174. The maximum absolute atomic E-state index is 13.0. The lowest BCUT2D eigenvalue weighted by atomic mass is 9.98. The highest BCUT2D eigenvalue weighted by molar-refractivity contribution is 6.37. The maximum Gasteiger partial charge on any atom is 0.254 e. The lowest BCUT2D eigenvalue weighted by Crippen LogP contribution is -2.37. The summed E-state index contributed by atoms with van der Waals surface area (Å²) in [5.74, 6) is 6.35. The van der Waals surface area contributed by atoms with E-state index in [0.29, 0.717) is 45.9 Å². The van der Waals surface area contributed by atoms with E-state index in [4.69, 9.17) is 33.8 Å². The molecule has 0 saturated heterocycles. The molecule has 5 nitrogen and oxygen atoms in total. The number of rotatable bonds is 5. The van der Waals surface area contributed by atoms with Gasteiger partial charge in [-0.05, 0) is 54.8 Å². The molecule has 1 aliphatic rings. The average Bonchev–Trinajstić information content (AvgIpc) is 2.74. The molecule has 30 heavy (non-hydrogen) atoms. The van der Waals surface area contributed by atoms with E-state index >= 15 is 0 Å². The zero-order valence-electron chi connectivity index (χ0n) is 16.4. The Morgan fingerprint density at radius 3 is 2.43 bits per heavy atom. The molecule has 0 aromatic heterocycles. The number of nitrogen functional groups attached to an aromatic ring is 1. The first-order valence-corrected chi connectivity index (χ1v) is 10.3. The Bertz CT molecular complexity index is 1080. The van der Waals surface area contributed by atoms with Crippen LogP contribution in [-0.2, 0) is 13.0 Å². The number of nitrogens with one attached hydrogen (secondary N) is 1. The second kappa shape index (κ2) is 8.56. The summed E-state index contributed by atoms with van der Waals surface area (Å²) in [4.78, 5) is 14.8. The van der Waals surface area contributed by atoms with Crippen LogP contribution in [0.4, 0.5) is 5.69 Å². The Hall–Kier alpha value is -2.73. The number of nitrogens with two attached hydrogens (primary N) is 1. The van der Waals surface area contributed by atoms with Gasteiger partial charge in [-0.15, -0.1) is 0 Å². The van der Waals surface area contributed by atoms with E-state index in [1.165, 1.54) is 5.56 Å². The zero-order chi connectivity index (χ0) is 21.3. The number of hydrazine groups is 1. The number of hydrogen-bond donors (Lipinski definition) is 2. The number of halogens is 2. The number of benzene rings is 3. The minimum absolute atomic E-state index is 0.0258. The number of nitrogens with zero attached hydrogens (tertiary/aromatic N) is 1. The summed E-state index contributed by atoms with van der Waals surface area (Å²) < 4.78 is 5.92. The molecule has 0 spiro atoms. The molecular formula is C23H21Cl2N3O2. The smallest absolute Gasteiger partial charge is 0.254 e. The van der Waals surface area contributed by atoms with Crippen molar-refractivity contribution in [1.82, 2.24) is 4.90 Å². The molecule has 7 heteroatoms. The van der Waals surface area contributed by atoms with Crippen molar-refractivity contribution in [2.45, 2.75) is 19.9 Å². The molecule has 0 saturated carbocycles. The molecule has 1 amide bonds. The van der Waals surface area contributed by atoms with E-state index in [0.717, 1.165) is 17.5 Å². The van der Waals surface area contributed by atoms with Crippen LogP contribution in [0.2, 0.25) is 10.0 Å². The second-order valence-corrected chi connectivity index (χ2v) is 8.11. The number of aryl methyl sites for hydroxylation is 1. The summed E-state index contributed by atoms with van der Waals surface area (Å²) >= 11 is 12.5. The third kappa shape index (κ3) is 4.24. The number of anilines is 1. The van der Waals surface area contributed by atoms with Crippen molar-refractivity contribution >= 4 is 34.8 Å². The van der Waals surface area contributed by atoms with Gasteiger partial charge in [0.05, 0.1) is 15.7 Å². The lowest BCUT2D eigenvalue weighted by Gasteiger charge is -2.29. The van der Waals surface area contributed by atoms with Gasteiger partial charge in [0.15, 0.2) is 5.75 Å². The van der Waals surface area contributed by atoms with Crippen molar-refractivity contribution in [1.29, 1.82) is 0 Å². The van der Waals surface area contributed by atoms with Gasteiger partial charge in [-0.1, -0.05) is 53.0 Å². The van der Waals surface area contributed by atoms with Crippen LogP contribution >= 0.6 is 23.2 Å². The molecule has 4 rings (SSSR count). The van der Waals surface area contributed by atoms with Crippen molar-refractivity contribution in [3.05, 3.63) is 86.9 Å². The Morgan fingerprint density at radius 1 is 1.07 bits per heavy atom. The highest BCUT2D eigenvalue weighted by Crippen LogP contribution is 2.39. The molecule has 3 aromatic rings. The van der Waals surface area contributed by atoms with Crippen LogP contribution in [-0.4, -0.2) is 17.4 Å². The van der Waals surface area contributed by atoms with Crippen molar-refractivity contribution in [3.8, 4) is 11.5 Å². The van der Waals surface area contributed by atoms with E-state index < -0.39 is 0 Å². The predicted octanol–water partition coefficient (Wildman–Crippen LogP) is 5.58. The molecule has 0 unspecified atom stereocenters. The van der Waals surface area contributed by atoms with Crippen LogP contribution < -0.4 is 16.0 Å². The van der Waals surface area contributed by atoms with Crippen LogP contribution in [0.15, 0.2) is 54.6 Å². The number of carbonyl (C=O) groups is 1. The number of hydrogen-bond acceptors (Lipinski definition) is 4. The van der Waals surface area contributed by atoms with E-state index in [9.17, 15) is 4.79 Å². The molecule has 0 atom stereocenters. The first-order valence-electron chi connectivity index (χ1n) is 9.56. The minimum atomic E-state index is 0.0258. The number of fused-ring (bicyclic) bond motifs is 1. The summed E-state index contributed by atoms with van der Waals surface area (Å²) in [7, 11) is 0. The fourth-order valence-corrected chi connectivity index (χ4v) is 4.06. The summed E-state index contributed by atoms with van der Waals surface area (Å²) in [6.07, 6.45) is 0.752. The number of carbonyl (C=O) groups excluding carboxylic acids is 1. The van der Waals surface area contributed by atoms with Crippen molar-refractivity contribution in [3.63, 3.8) is 0 Å². The third-order valence-electron chi connectivity index (χ3n) is 5.12. The summed E-state index contributed by atoms with van der Waals surface area (Å²) in [5, 5.41) is 0.682. The highest BCUT2D eigenvalue weighted by Gasteiger charge is 2.25.